The lowest BCUT2D eigenvalue weighted by atomic mass is 9.97. The van der Waals surface area contributed by atoms with Crippen molar-refractivity contribution in [2.45, 2.75) is 83.6 Å². The standard InChI is InChI=1S/C18H29NO2S/c1-13-12-14(2)16(4)18(15(13)3)22(20,21)19-17-10-8-6-5-7-9-11-17/h12,17,19H,5-11H2,1-4H3. The van der Waals surface area contributed by atoms with E-state index in [1.807, 2.05) is 27.7 Å². The first-order valence-electron chi connectivity index (χ1n) is 8.42. The average Bonchev–Trinajstić information content (AvgIpc) is 2.39. The van der Waals surface area contributed by atoms with E-state index in [-0.39, 0.29) is 6.04 Å². The maximum Gasteiger partial charge on any atom is 0.241 e. The molecular formula is C18H29NO2S. The van der Waals surface area contributed by atoms with Crippen molar-refractivity contribution < 1.29 is 8.42 Å². The van der Waals surface area contributed by atoms with Crippen LogP contribution in [-0.2, 0) is 10.0 Å². The molecule has 0 aromatic heterocycles. The van der Waals surface area contributed by atoms with Gasteiger partial charge in [-0.25, -0.2) is 13.1 Å². The second-order valence-corrected chi connectivity index (χ2v) is 8.40. The lowest BCUT2D eigenvalue weighted by Crippen LogP contribution is -2.36. The fraction of sp³-hybridized carbons (Fsp3) is 0.667. The summed E-state index contributed by atoms with van der Waals surface area (Å²) in [6, 6.07) is 2.16. The van der Waals surface area contributed by atoms with Gasteiger partial charge < -0.3 is 0 Å². The summed E-state index contributed by atoms with van der Waals surface area (Å²) >= 11 is 0. The Morgan fingerprint density at radius 2 is 1.32 bits per heavy atom. The van der Waals surface area contributed by atoms with Crippen molar-refractivity contribution >= 4 is 10.0 Å². The highest BCUT2D eigenvalue weighted by atomic mass is 32.2. The first-order valence-corrected chi connectivity index (χ1v) is 9.91. The zero-order valence-corrected chi connectivity index (χ0v) is 15.1. The number of sulfonamides is 1. The molecule has 0 radical (unpaired) electrons. The van der Waals surface area contributed by atoms with Gasteiger partial charge in [-0.05, 0) is 62.8 Å². The normalized spacial score (nSPS) is 18.0. The van der Waals surface area contributed by atoms with Crippen LogP contribution in [0.4, 0.5) is 0 Å². The number of benzene rings is 1. The Bertz CT molecular complexity index is 601. The third kappa shape index (κ3) is 3.90. The summed E-state index contributed by atoms with van der Waals surface area (Å²) in [5.41, 5.74) is 3.84. The van der Waals surface area contributed by atoms with Crippen LogP contribution in [0, 0.1) is 27.7 Å². The van der Waals surface area contributed by atoms with Gasteiger partial charge in [-0.3, -0.25) is 0 Å². The van der Waals surface area contributed by atoms with Gasteiger partial charge in [0.25, 0.3) is 0 Å². The SMILES string of the molecule is Cc1cc(C)c(C)c(S(=O)(=O)NC2CCCCCCC2)c1C. The van der Waals surface area contributed by atoms with Crippen LogP contribution >= 0.6 is 0 Å². The molecule has 0 spiro atoms. The third-order valence-corrected chi connectivity index (χ3v) is 6.79. The number of nitrogens with one attached hydrogen (secondary N) is 1. The monoisotopic (exact) mass is 323 g/mol. The summed E-state index contributed by atoms with van der Waals surface area (Å²) in [6.07, 6.45) is 7.90. The maximum absolute atomic E-state index is 12.9. The topological polar surface area (TPSA) is 46.2 Å². The molecule has 124 valence electrons. The molecule has 0 amide bonds. The van der Waals surface area contributed by atoms with Crippen LogP contribution in [0.3, 0.4) is 0 Å². The molecule has 0 atom stereocenters. The van der Waals surface area contributed by atoms with Crippen molar-refractivity contribution in [2.24, 2.45) is 0 Å². The first-order chi connectivity index (χ1) is 10.3. The molecule has 0 saturated heterocycles. The molecule has 2 rings (SSSR count). The second kappa shape index (κ2) is 7.14. The molecule has 1 aromatic rings. The van der Waals surface area contributed by atoms with Crippen molar-refractivity contribution in [1.29, 1.82) is 0 Å². The summed E-state index contributed by atoms with van der Waals surface area (Å²) in [7, 11) is -3.44. The van der Waals surface area contributed by atoms with E-state index in [0.29, 0.717) is 4.90 Å². The van der Waals surface area contributed by atoms with Crippen molar-refractivity contribution in [3.8, 4) is 0 Å². The van der Waals surface area contributed by atoms with Crippen LogP contribution in [0.15, 0.2) is 11.0 Å². The minimum absolute atomic E-state index is 0.0879. The molecule has 1 aliphatic carbocycles. The van der Waals surface area contributed by atoms with Gasteiger partial charge in [-0.2, -0.15) is 0 Å². The molecule has 3 nitrogen and oxygen atoms in total. The second-order valence-electron chi connectivity index (χ2n) is 6.75. The molecule has 1 saturated carbocycles. The van der Waals surface area contributed by atoms with E-state index in [1.54, 1.807) is 0 Å². The van der Waals surface area contributed by atoms with E-state index in [4.69, 9.17) is 0 Å². The molecule has 1 aliphatic rings. The highest BCUT2D eigenvalue weighted by Crippen LogP contribution is 2.27. The van der Waals surface area contributed by atoms with Crippen LogP contribution in [0.5, 0.6) is 0 Å². The summed E-state index contributed by atoms with van der Waals surface area (Å²) in [5, 5.41) is 0. The zero-order chi connectivity index (χ0) is 16.3. The van der Waals surface area contributed by atoms with Crippen LogP contribution < -0.4 is 4.72 Å². The van der Waals surface area contributed by atoms with E-state index in [2.05, 4.69) is 10.8 Å². The Morgan fingerprint density at radius 3 is 1.82 bits per heavy atom. The van der Waals surface area contributed by atoms with Gasteiger partial charge in [0, 0.05) is 6.04 Å². The Labute approximate surface area is 135 Å². The molecule has 1 aromatic carbocycles. The van der Waals surface area contributed by atoms with E-state index in [0.717, 1.165) is 47.9 Å². The van der Waals surface area contributed by atoms with Gasteiger partial charge in [0.05, 0.1) is 4.90 Å². The quantitative estimate of drug-likeness (QED) is 0.901. The predicted molar refractivity (Wildman–Crippen MR) is 91.8 cm³/mol. The van der Waals surface area contributed by atoms with Crippen LogP contribution in [0.1, 0.15) is 67.2 Å². The van der Waals surface area contributed by atoms with E-state index in [1.165, 1.54) is 19.3 Å². The minimum atomic E-state index is -3.44. The lowest BCUT2D eigenvalue weighted by Gasteiger charge is -2.23. The average molecular weight is 324 g/mol. The van der Waals surface area contributed by atoms with Gasteiger partial charge in [-0.1, -0.05) is 38.2 Å². The largest absolute Gasteiger partial charge is 0.241 e. The number of hydrogen-bond acceptors (Lipinski definition) is 2. The predicted octanol–water partition coefficient (Wildman–Crippen LogP) is 4.31. The highest BCUT2D eigenvalue weighted by Gasteiger charge is 2.25. The van der Waals surface area contributed by atoms with Crippen molar-refractivity contribution in [3.63, 3.8) is 0 Å². The number of hydrogen-bond donors (Lipinski definition) is 1. The van der Waals surface area contributed by atoms with Gasteiger partial charge in [-0.15, -0.1) is 0 Å². The summed E-state index contributed by atoms with van der Waals surface area (Å²) in [6.45, 7) is 7.79. The van der Waals surface area contributed by atoms with Crippen LogP contribution in [-0.4, -0.2) is 14.5 Å². The van der Waals surface area contributed by atoms with Crippen LogP contribution in [0.2, 0.25) is 0 Å². The summed E-state index contributed by atoms with van der Waals surface area (Å²) in [5.74, 6) is 0. The van der Waals surface area contributed by atoms with Gasteiger partial charge in [0.2, 0.25) is 10.0 Å². The van der Waals surface area contributed by atoms with Crippen LogP contribution in [0.25, 0.3) is 0 Å². The molecule has 0 bridgehead atoms. The molecule has 0 heterocycles. The Hall–Kier alpha value is -0.870. The molecular weight excluding hydrogens is 294 g/mol. The summed E-state index contributed by atoms with van der Waals surface area (Å²) in [4.78, 5) is 0.493. The molecule has 1 fully saturated rings. The maximum atomic E-state index is 12.9. The van der Waals surface area contributed by atoms with E-state index < -0.39 is 10.0 Å². The zero-order valence-electron chi connectivity index (χ0n) is 14.3. The molecule has 4 heteroatoms. The molecule has 0 aliphatic heterocycles. The molecule has 0 unspecified atom stereocenters. The van der Waals surface area contributed by atoms with E-state index in [9.17, 15) is 8.42 Å². The number of aryl methyl sites for hydroxylation is 2. The van der Waals surface area contributed by atoms with Gasteiger partial charge in [0.1, 0.15) is 0 Å². The lowest BCUT2D eigenvalue weighted by molar-refractivity contribution is 0.426. The third-order valence-electron chi connectivity index (χ3n) is 4.99. The van der Waals surface area contributed by atoms with Crippen molar-refractivity contribution in [2.75, 3.05) is 0 Å². The Balaban J connectivity index is 2.30. The molecule has 1 N–H and O–H groups in total. The fourth-order valence-electron chi connectivity index (χ4n) is 3.44. The Kier molecular flexibility index (Phi) is 5.67. The fourth-order valence-corrected chi connectivity index (χ4v) is 5.36. The number of rotatable bonds is 3. The van der Waals surface area contributed by atoms with E-state index >= 15 is 0 Å². The van der Waals surface area contributed by atoms with Gasteiger partial charge in [0.15, 0.2) is 0 Å². The molecule has 22 heavy (non-hydrogen) atoms. The van der Waals surface area contributed by atoms with Crippen molar-refractivity contribution in [3.05, 3.63) is 28.3 Å². The highest BCUT2D eigenvalue weighted by molar-refractivity contribution is 7.89. The minimum Gasteiger partial charge on any atom is -0.208 e. The first kappa shape index (κ1) is 17.5. The summed E-state index contributed by atoms with van der Waals surface area (Å²) < 4.78 is 28.9. The van der Waals surface area contributed by atoms with Crippen molar-refractivity contribution in [1.82, 2.24) is 4.72 Å². The van der Waals surface area contributed by atoms with Gasteiger partial charge >= 0.3 is 0 Å². The smallest absolute Gasteiger partial charge is 0.208 e. The Morgan fingerprint density at radius 1 is 0.864 bits per heavy atom.